The number of aromatic nitrogens is 1. The summed E-state index contributed by atoms with van der Waals surface area (Å²) in [6, 6.07) is 12.7. The highest BCUT2D eigenvalue weighted by atomic mass is 35.5. The van der Waals surface area contributed by atoms with Gasteiger partial charge in [-0.2, -0.15) is 0 Å². The number of benzene rings is 1. The Hall–Kier alpha value is -1.87. The molecule has 1 heterocycles. The lowest BCUT2D eigenvalue weighted by Gasteiger charge is -2.04. The van der Waals surface area contributed by atoms with Crippen molar-refractivity contribution in [2.24, 2.45) is 0 Å². The zero-order valence-electron chi connectivity index (χ0n) is 8.18. The SMILES string of the molecule is O=Cc1ccc(Oc2cc[c]c(Cl)n2)cc1. The van der Waals surface area contributed by atoms with E-state index in [9.17, 15) is 4.79 Å². The van der Waals surface area contributed by atoms with Crippen LogP contribution in [-0.2, 0) is 0 Å². The first-order valence-corrected chi connectivity index (χ1v) is 4.93. The van der Waals surface area contributed by atoms with Crippen LogP contribution < -0.4 is 4.74 Å². The first-order chi connectivity index (χ1) is 7.78. The standard InChI is InChI=1S/C12H7ClNO2/c13-11-2-1-3-12(14-11)16-10-6-4-9(8-15)5-7-10/h1,3-8H. The average molecular weight is 233 g/mol. The molecule has 1 radical (unpaired) electrons. The van der Waals surface area contributed by atoms with Crippen molar-refractivity contribution < 1.29 is 9.53 Å². The predicted molar refractivity (Wildman–Crippen MR) is 60.0 cm³/mol. The van der Waals surface area contributed by atoms with E-state index < -0.39 is 0 Å². The van der Waals surface area contributed by atoms with E-state index in [-0.39, 0.29) is 5.15 Å². The Morgan fingerprint density at radius 1 is 1.25 bits per heavy atom. The molecule has 0 fully saturated rings. The van der Waals surface area contributed by atoms with Gasteiger partial charge in [-0.1, -0.05) is 11.6 Å². The number of hydrogen-bond donors (Lipinski definition) is 0. The van der Waals surface area contributed by atoms with Crippen LogP contribution in [0.5, 0.6) is 11.6 Å². The summed E-state index contributed by atoms with van der Waals surface area (Å²) in [5.41, 5.74) is 0.597. The second kappa shape index (κ2) is 4.77. The minimum absolute atomic E-state index is 0.252. The number of carbonyl (C=O) groups excluding carboxylic acids is 1. The Morgan fingerprint density at radius 3 is 2.62 bits per heavy atom. The van der Waals surface area contributed by atoms with Gasteiger partial charge in [0.15, 0.2) is 0 Å². The Balaban J connectivity index is 2.17. The van der Waals surface area contributed by atoms with Crippen molar-refractivity contribution in [3.05, 3.63) is 53.2 Å². The van der Waals surface area contributed by atoms with Crippen molar-refractivity contribution in [2.45, 2.75) is 0 Å². The monoisotopic (exact) mass is 232 g/mol. The van der Waals surface area contributed by atoms with Crippen LogP contribution in [0.3, 0.4) is 0 Å². The highest BCUT2D eigenvalue weighted by Crippen LogP contribution is 2.20. The highest BCUT2D eigenvalue weighted by Gasteiger charge is 1.99. The quantitative estimate of drug-likeness (QED) is 0.603. The van der Waals surface area contributed by atoms with E-state index in [1.165, 1.54) is 0 Å². The summed E-state index contributed by atoms with van der Waals surface area (Å²) < 4.78 is 5.43. The maximum absolute atomic E-state index is 10.4. The molecule has 0 atom stereocenters. The summed E-state index contributed by atoms with van der Waals surface area (Å²) in [6.45, 7) is 0. The van der Waals surface area contributed by atoms with Crippen LogP contribution in [0.2, 0.25) is 5.15 Å². The van der Waals surface area contributed by atoms with Crippen LogP contribution in [-0.4, -0.2) is 11.3 Å². The van der Waals surface area contributed by atoms with Gasteiger partial charge in [0.25, 0.3) is 0 Å². The van der Waals surface area contributed by atoms with Crippen LogP contribution in [0.1, 0.15) is 10.4 Å². The van der Waals surface area contributed by atoms with E-state index in [2.05, 4.69) is 11.1 Å². The highest BCUT2D eigenvalue weighted by molar-refractivity contribution is 6.29. The number of ether oxygens (including phenoxy) is 1. The molecule has 0 bridgehead atoms. The van der Waals surface area contributed by atoms with Crippen LogP contribution >= 0.6 is 11.6 Å². The number of pyridine rings is 1. The molecule has 0 aliphatic heterocycles. The Morgan fingerprint density at radius 2 is 2.00 bits per heavy atom. The molecule has 0 unspecified atom stereocenters. The second-order valence-corrected chi connectivity index (χ2v) is 3.37. The smallest absolute Gasteiger partial charge is 0.220 e. The van der Waals surface area contributed by atoms with Gasteiger partial charge in [0, 0.05) is 17.7 Å². The summed E-state index contributed by atoms with van der Waals surface area (Å²) in [6.07, 6.45) is 0.774. The van der Waals surface area contributed by atoms with Gasteiger partial charge in [0.1, 0.15) is 17.2 Å². The van der Waals surface area contributed by atoms with E-state index in [0.717, 1.165) is 6.29 Å². The van der Waals surface area contributed by atoms with E-state index in [0.29, 0.717) is 17.2 Å². The molecule has 0 spiro atoms. The maximum Gasteiger partial charge on any atom is 0.220 e. The fourth-order valence-electron chi connectivity index (χ4n) is 1.14. The summed E-state index contributed by atoms with van der Waals surface area (Å²) >= 11 is 5.67. The van der Waals surface area contributed by atoms with E-state index in [1.54, 1.807) is 36.4 Å². The average Bonchev–Trinajstić information content (AvgIpc) is 2.30. The molecule has 1 aromatic heterocycles. The molecule has 0 N–H and O–H groups in total. The molecule has 4 heteroatoms. The first-order valence-electron chi connectivity index (χ1n) is 4.55. The van der Waals surface area contributed by atoms with Crippen molar-refractivity contribution in [1.29, 1.82) is 0 Å². The number of hydrogen-bond acceptors (Lipinski definition) is 3. The summed E-state index contributed by atoms with van der Waals surface area (Å²) in [7, 11) is 0. The van der Waals surface area contributed by atoms with Gasteiger partial charge in [-0.3, -0.25) is 4.79 Å². The number of halogens is 1. The van der Waals surface area contributed by atoms with Gasteiger partial charge in [-0.25, -0.2) is 4.98 Å². The van der Waals surface area contributed by atoms with Crippen LogP contribution in [0, 0.1) is 6.07 Å². The first kappa shape index (κ1) is 10.6. The third-order valence-corrected chi connectivity index (χ3v) is 2.07. The van der Waals surface area contributed by atoms with Crippen LogP contribution in [0.25, 0.3) is 0 Å². The van der Waals surface area contributed by atoms with Gasteiger partial charge < -0.3 is 4.74 Å². The number of carbonyl (C=O) groups is 1. The topological polar surface area (TPSA) is 39.2 Å². The zero-order valence-corrected chi connectivity index (χ0v) is 8.94. The molecule has 0 amide bonds. The van der Waals surface area contributed by atoms with E-state index in [4.69, 9.17) is 16.3 Å². The Bertz CT molecular complexity index is 497. The van der Waals surface area contributed by atoms with Gasteiger partial charge in [-0.05, 0) is 30.3 Å². The Labute approximate surface area is 97.7 Å². The fraction of sp³-hybridized carbons (Fsp3) is 0. The second-order valence-electron chi connectivity index (χ2n) is 3.01. The molecular weight excluding hydrogens is 226 g/mol. The molecular formula is C12H7ClNO2. The van der Waals surface area contributed by atoms with Crippen molar-refractivity contribution >= 4 is 17.9 Å². The summed E-state index contributed by atoms with van der Waals surface area (Å²) in [5.74, 6) is 0.989. The van der Waals surface area contributed by atoms with Crippen LogP contribution in [0.15, 0.2) is 36.4 Å². The molecule has 0 saturated carbocycles. The molecule has 0 saturated heterocycles. The van der Waals surface area contributed by atoms with E-state index in [1.807, 2.05) is 0 Å². The minimum atomic E-state index is 0.252. The third-order valence-electron chi connectivity index (χ3n) is 1.88. The van der Waals surface area contributed by atoms with E-state index >= 15 is 0 Å². The summed E-state index contributed by atoms with van der Waals surface area (Å²) in [5, 5.41) is 0.252. The zero-order chi connectivity index (χ0) is 11.4. The number of aldehydes is 1. The largest absolute Gasteiger partial charge is 0.439 e. The summed E-state index contributed by atoms with van der Waals surface area (Å²) in [4.78, 5) is 14.4. The number of nitrogens with zero attached hydrogens (tertiary/aromatic N) is 1. The van der Waals surface area contributed by atoms with Crippen LogP contribution in [0.4, 0.5) is 0 Å². The molecule has 2 aromatic rings. The molecule has 3 nitrogen and oxygen atoms in total. The van der Waals surface area contributed by atoms with Crippen molar-refractivity contribution in [3.8, 4) is 11.6 Å². The normalized spacial score (nSPS) is 9.81. The molecule has 16 heavy (non-hydrogen) atoms. The lowest BCUT2D eigenvalue weighted by atomic mass is 10.2. The lowest BCUT2D eigenvalue weighted by Crippen LogP contribution is -1.88. The fourth-order valence-corrected chi connectivity index (χ4v) is 1.29. The molecule has 0 aliphatic rings. The van der Waals surface area contributed by atoms with Crippen molar-refractivity contribution in [3.63, 3.8) is 0 Å². The van der Waals surface area contributed by atoms with Gasteiger partial charge in [-0.15, -0.1) is 0 Å². The van der Waals surface area contributed by atoms with Crippen molar-refractivity contribution in [2.75, 3.05) is 0 Å². The number of rotatable bonds is 3. The Kier molecular flexibility index (Phi) is 3.17. The third kappa shape index (κ3) is 2.58. The van der Waals surface area contributed by atoms with Gasteiger partial charge in [0.05, 0.1) is 0 Å². The minimum Gasteiger partial charge on any atom is -0.439 e. The maximum atomic E-state index is 10.4. The van der Waals surface area contributed by atoms with Gasteiger partial charge in [0.2, 0.25) is 5.88 Å². The lowest BCUT2D eigenvalue weighted by molar-refractivity contribution is 0.112. The molecule has 2 rings (SSSR count). The molecule has 79 valence electrons. The molecule has 0 aliphatic carbocycles. The predicted octanol–water partition coefficient (Wildman–Crippen LogP) is 3.14. The molecule has 1 aromatic carbocycles. The van der Waals surface area contributed by atoms with Gasteiger partial charge >= 0.3 is 0 Å². The van der Waals surface area contributed by atoms with Crippen molar-refractivity contribution in [1.82, 2.24) is 4.98 Å².